The van der Waals surface area contributed by atoms with E-state index in [1.165, 1.54) is 0 Å². The van der Waals surface area contributed by atoms with E-state index in [0.29, 0.717) is 19.5 Å². The second-order valence-corrected chi connectivity index (χ2v) is 7.33. The lowest BCUT2D eigenvalue weighted by Gasteiger charge is -2.24. The lowest BCUT2D eigenvalue weighted by atomic mass is 10.1. The Kier molecular flexibility index (Phi) is 10.2. The van der Waals surface area contributed by atoms with Crippen LogP contribution < -0.4 is 15.2 Å². The summed E-state index contributed by atoms with van der Waals surface area (Å²) in [5, 5.41) is 0. The van der Waals surface area contributed by atoms with Crippen LogP contribution in [-0.2, 0) is 22.6 Å². The molecule has 2 rings (SSSR count). The van der Waals surface area contributed by atoms with Crippen molar-refractivity contribution < 1.29 is 28.5 Å². The lowest BCUT2D eigenvalue weighted by Crippen LogP contribution is -2.34. The SMILES string of the molecule is CCCC[C@@H](COC(=O)N(Cc1ccc(OC)cc1)Cc1ccc(OC)cc1)OC(N)=O. The molecule has 0 aliphatic rings. The number of primary amides is 1. The summed E-state index contributed by atoms with van der Waals surface area (Å²) in [4.78, 5) is 25.7. The summed E-state index contributed by atoms with van der Waals surface area (Å²) in [6.07, 6.45) is 0.371. The summed E-state index contributed by atoms with van der Waals surface area (Å²) in [6.45, 7) is 2.65. The van der Waals surface area contributed by atoms with Gasteiger partial charge in [-0.15, -0.1) is 0 Å². The van der Waals surface area contributed by atoms with Crippen molar-refractivity contribution in [2.75, 3.05) is 20.8 Å². The topological polar surface area (TPSA) is 100 Å². The molecule has 8 heteroatoms. The second kappa shape index (κ2) is 13.1. The minimum Gasteiger partial charge on any atom is -0.497 e. The molecule has 1 atom stereocenters. The summed E-state index contributed by atoms with van der Waals surface area (Å²) in [7, 11) is 3.21. The summed E-state index contributed by atoms with van der Waals surface area (Å²) < 4.78 is 21.0. The molecule has 0 fully saturated rings. The molecule has 0 radical (unpaired) electrons. The first-order valence-corrected chi connectivity index (χ1v) is 10.6. The van der Waals surface area contributed by atoms with Gasteiger partial charge in [-0.25, -0.2) is 9.59 Å². The Morgan fingerprint density at radius 2 is 1.41 bits per heavy atom. The largest absolute Gasteiger partial charge is 0.497 e. The molecule has 32 heavy (non-hydrogen) atoms. The fourth-order valence-electron chi connectivity index (χ4n) is 3.12. The number of carbonyl (C=O) groups excluding carboxylic acids is 2. The highest BCUT2D eigenvalue weighted by Gasteiger charge is 2.20. The zero-order valence-corrected chi connectivity index (χ0v) is 18.9. The number of methoxy groups -OCH3 is 2. The number of carbonyl (C=O) groups is 2. The molecule has 0 spiro atoms. The van der Waals surface area contributed by atoms with Crippen LogP contribution in [0.25, 0.3) is 0 Å². The van der Waals surface area contributed by atoms with Gasteiger partial charge < -0.3 is 24.7 Å². The van der Waals surface area contributed by atoms with Crippen LogP contribution in [0.15, 0.2) is 48.5 Å². The van der Waals surface area contributed by atoms with Gasteiger partial charge in [-0.2, -0.15) is 0 Å². The van der Waals surface area contributed by atoms with E-state index in [1.54, 1.807) is 19.1 Å². The summed E-state index contributed by atoms with van der Waals surface area (Å²) in [6, 6.07) is 14.9. The van der Waals surface area contributed by atoms with Crippen molar-refractivity contribution in [2.24, 2.45) is 5.73 Å². The smallest absolute Gasteiger partial charge is 0.410 e. The third kappa shape index (κ3) is 8.37. The van der Waals surface area contributed by atoms with Crippen LogP contribution in [-0.4, -0.2) is 44.0 Å². The fraction of sp³-hybridized carbons (Fsp3) is 0.417. The third-order valence-electron chi connectivity index (χ3n) is 4.88. The van der Waals surface area contributed by atoms with Gasteiger partial charge in [0.1, 0.15) is 24.2 Å². The molecule has 0 heterocycles. The van der Waals surface area contributed by atoms with Gasteiger partial charge in [0, 0.05) is 13.1 Å². The van der Waals surface area contributed by atoms with Crippen molar-refractivity contribution in [1.29, 1.82) is 0 Å². The molecule has 2 aromatic carbocycles. The molecule has 2 aromatic rings. The van der Waals surface area contributed by atoms with Crippen LogP contribution in [0.4, 0.5) is 9.59 Å². The minimum absolute atomic E-state index is 0.0521. The van der Waals surface area contributed by atoms with E-state index in [1.807, 2.05) is 55.5 Å². The van der Waals surface area contributed by atoms with Gasteiger partial charge in [-0.1, -0.05) is 37.6 Å². The first kappa shape index (κ1) is 24.8. The Labute approximate surface area is 189 Å². The third-order valence-corrected chi connectivity index (χ3v) is 4.88. The van der Waals surface area contributed by atoms with E-state index in [4.69, 9.17) is 24.7 Å². The van der Waals surface area contributed by atoms with E-state index in [9.17, 15) is 9.59 Å². The van der Waals surface area contributed by atoms with Crippen molar-refractivity contribution in [3.63, 3.8) is 0 Å². The first-order valence-electron chi connectivity index (χ1n) is 10.6. The number of rotatable bonds is 12. The Morgan fingerprint density at radius 1 is 0.906 bits per heavy atom. The van der Waals surface area contributed by atoms with Crippen LogP contribution in [0.1, 0.15) is 37.3 Å². The van der Waals surface area contributed by atoms with Crippen molar-refractivity contribution >= 4 is 12.2 Å². The summed E-state index contributed by atoms with van der Waals surface area (Å²) >= 11 is 0. The highest BCUT2D eigenvalue weighted by atomic mass is 16.6. The van der Waals surface area contributed by atoms with Gasteiger partial charge in [0.15, 0.2) is 0 Å². The van der Waals surface area contributed by atoms with Gasteiger partial charge in [0.05, 0.1) is 14.2 Å². The van der Waals surface area contributed by atoms with Crippen molar-refractivity contribution in [3.05, 3.63) is 59.7 Å². The maximum Gasteiger partial charge on any atom is 0.410 e. The van der Waals surface area contributed by atoms with E-state index in [0.717, 1.165) is 35.5 Å². The quantitative estimate of drug-likeness (QED) is 0.517. The van der Waals surface area contributed by atoms with E-state index in [-0.39, 0.29) is 6.61 Å². The zero-order valence-electron chi connectivity index (χ0n) is 18.9. The molecule has 8 nitrogen and oxygen atoms in total. The molecule has 174 valence electrons. The normalized spacial score (nSPS) is 11.3. The van der Waals surface area contributed by atoms with Gasteiger partial charge in [0.2, 0.25) is 0 Å². The number of unbranched alkanes of at least 4 members (excludes halogenated alkanes) is 1. The summed E-state index contributed by atoms with van der Waals surface area (Å²) in [5.41, 5.74) is 7.00. The van der Waals surface area contributed by atoms with Crippen LogP contribution in [0.2, 0.25) is 0 Å². The predicted octanol–water partition coefficient (Wildman–Crippen LogP) is 4.50. The average Bonchev–Trinajstić information content (AvgIpc) is 2.80. The number of benzene rings is 2. The Balaban J connectivity index is 2.11. The van der Waals surface area contributed by atoms with Crippen LogP contribution >= 0.6 is 0 Å². The van der Waals surface area contributed by atoms with E-state index in [2.05, 4.69) is 0 Å². The van der Waals surface area contributed by atoms with Crippen molar-refractivity contribution in [1.82, 2.24) is 4.90 Å². The molecule has 0 bridgehead atoms. The van der Waals surface area contributed by atoms with Crippen LogP contribution in [0.3, 0.4) is 0 Å². The minimum atomic E-state index is -0.879. The van der Waals surface area contributed by atoms with Gasteiger partial charge >= 0.3 is 12.2 Å². The molecule has 2 amide bonds. The number of hydrogen-bond acceptors (Lipinski definition) is 6. The first-order chi connectivity index (χ1) is 15.4. The highest BCUT2D eigenvalue weighted by Crippen LogP contribution is 2.18. The standard InChI is InChI=1S/C24H32N2O6/c1-4-5-6-22(32-23(25)27)17-31-24(28)26(15-18-7-11-20(29-2)12-8-18)16-19-9-13-21(30-3)14-10-19/h7-14,22H,4-6,15-17H2,1-3H3,(H2,25,27)/t22-/m0/s1. The van der Waals surface area contributed by atoms with E-state index >= 15 is 0 Å². The Bertz CT molecular complexity index is 789. The molecular weight excluding hydrogens is 412 g/mol. The molecule has 0 saturated carbocycles. The predicted molar refractivity (Wildman–Crippen MR) is 121 cm³/mol. The van der Waals surface area contributed by atoms with Gasteiger partial charge in [-0.3, -0.25) is 4.90 Å². The maximum atomic E-state index is 12.9. The molecule has 2 N–H and O–H groups in total. The molecular formula is C24H32N2O6. The Hall–Kier alpha value is -3.42. The average molecular weight is 445 g/mol. The number of nitrogens with two attached hydrogens (primary N) is 1. The van der Waals surface area contributed by atoms with Crippen LogP contribution in [0, 0.1) is 0 Å². The Morgan fingerprint density at radius 3 is 1.81 bits per heavy atom. The molecule has 0 aliphatic carbocycles. The molecule has 0 unspecified atom stereocenters. The number of nitrogens with zero attached hydrogens (tertiary/aromatic N) is 1. The summed E-state index contributed by atoms with van der Waals surface area (Å²) in [5.74, 6) is 1.47. The van der Waals surface area contributed by atoms with E-state index < -0.39 is 18.3 Å². The second-order valence-electron chi connectivity index (χ2n) is 7.33. The highest BCUT2D eigenvalue weighted by molar-refractivity contribution is 5.68. The molecule has 0 aliphatic heterocycles. The van der Waals surface area contributed by atoms with Crippen molar-refractivity contribution in [2.45, 2.75) is 45.4 Å². The number of amides is 2. The van der Waals surface area contributed by atoms with Gasteiger partial charge in [-0.05, 0) is 48.2 Å². The number of hydrogen-bond donors (Lipinski definition) is 1. The fourth-order valence-corrected chi connectivity index (χ4v) is 3.12. The lowest BCUT2D eigenvalue weighted by molar-refractivity contribution is 0.0284. The zero-order chi connectivity index (χ0) is 23.3. The molecule has 0 saturated heterocycles. The van der Waals surface area contributed by atoms with Gasteiger partial charge in [0.25, 0.3) is 0 Å². The molecule has 0 aromatic heterocycles. The number of ether oxygens (including phenoxy) is 4. The van der Waals surface area contributed by atoms with Crippen molar-refractivity contribution in [3.8, 4) is 11.5 Å². The maximum absolute atomic E-state index is 12.9. The monoisotopic (exact) mass is 444 g/mol. The van der Waals surface area contributed by atoms with Crippen LogP contribution in [0.5, 0.6) is 11.5 Å².